The Morgan fingerprint density at radius 3 is 2.39 bits per heavy atom. The third-order valence-electron chi connectivity index (χ3n) is 2.89. The summed E-state index contributed by atoms with van der Waals surface area (Å²) in [6.07, 6.45) is 1.18. The standard InChI is InChI=1S/C16H18BrN/c1-2-11-18-12-13-7-9-14(10-8-13)15-5-3-4-6-16(15)17/h3-10,18H,2,11-12H2,1H3. The van der Waals surface area contributed by atoms with Crippen LogP contribution in [0.3, 0.4) is 0 Å². The molecule has 0 amide bonds. The molecule has 0 aromatic heterocycles. The average Bonchev–Trinajstić information content (AvgIpc) is 2.41. The summed E-state index contributed by atoms with van der Waals surface area (Å²) in [7, 11) is 0. The van der Waals surface area contributed by atoms with Crippen LogP contribution in [0.25, 0.3) is 11.1 Å². The maximum Gasteiger partial charge on any atom is 0.0253 e. The minimum Gasteiger partial charge on any atom is -0.313 e. The van der Waals surface area contributed by atoms with Crippen molar-refractivity contribution >= 4 is 15.9 Å². The summed E-state index contributed by atoms with van der Waals surface area (Å²) in [4.78, 5) is 0. The number of hydrogen-bond donors (Lipinski definition) is 1. The van der Waals surface area contributed by atoms with Crippen molar-refractivity contribution in [1.82, 2.24) is 5.32 Å². The SMILES string of the molecule is CCCNCc1ccc(-c2ccccc2Br)cc1. The van der Waals surface area contributed by atoms with Crippen molar-refractivity contribution in [3.63, 3.8) is 0 Å². The Kier molecular flexibility index (Phi) is 4.97. The number of hydrogen-bond acceptors (Lipinski definition) is 1. The molecule has 18 heavy (non-hydrogen) atoms. The molecule has 2 rings (SSSR count). The van der Waals surface area contributed by atoms with E-state index in [2.05, 4.69) is 70.6 Å². The van der Waals surface area contributed by atoms with Crippen molar-refractivity contribution in [2.75, 3.05) is 6.54 Å². The van der Waals surface area contributed by atoms with Gasteiger partial charge >= 0.3 is 0 Å². The van der Waals surface area contributed by atoms with Crippen molar-refractivity contribution in [2.24, 2.45) is 0 Å². The van der Waals surface area contributed by atoms with Gasteiger partial charge < -0.3 is 5.32 Å². The van der Waals surface area contributed by atoms with Gasteiger partial charge in [0.05, 0.1) is 0 Å². The van der Waals surface area contributed by atoms with Gasteiger partial charge in [-0.2, -0.15) is 0 Å². The Hall–Kier alpha value is -1.12. The lowest BCUT2D eigenvalue weighted by molar-refractivity contribution is 0.675. The molecular formula is C16H18BrN. The lowest BCUT2D eigenvalue weighted by Gasteiger charge is -2.07. The first-order valence-corrected chi connectivity index (χ1v) is 7.15. The number of benzene rings is 2. The van der Waals surface area contributed by atoms with Crippen LogP contribution in [0.2, 0.25) is 0 Å². The molecule has 0 bridgehead atoms. The van der Waals surface area contributed by atoms with Gasteiger partial charge in [0.2, 0.25) is 0 Å². The molecule has 0 saturated carbocycles. The molecule has 2 aromatic carbocycles. The first-order valence-electron chi connectivity index (χ1n) is 6.36. The van der Waals surface area contributed by atoms with Crippen molar-refractivity contribution < 1.29 is 0 Å². The largest absolute Gasteiger partial charge is 0.313 e. The van der Waals surface area contributed by atoms with Crippen LogP contribution < -0.4 is 5.32 Å². The molecule has 0 atom stereocenters. The van der Waals surface area contributed by atoms with E-state index in [0.717, 1.165) is 17.6 Å². The van der Waals surface area contributed by atoms with Gasteiger partial charge in [-0.05, 0) is 35.7 Å². The first-order chi connectivity index (χ1) is 8.81. The predicted molar refractivity (Wildman–Crippen MR) is 81.6 cm³/mol. The Morgan fingerprint density at radius 2 is 1.72 bits per heavy atom. The highest BCUT2D eigenvalue weighted by atomic mass is 79.9. The van der Waals surface area contributed by atoms with Crippen molar-refractivity contribution in [3.8, 4) is 11.1 Å². The number of nitrogens with one attached hydrogen (secondary N) is 1. The fourth-order valence-corrected chi connectivity index (χ4v) is 2.42. The summed E-state index contributed by atoms with van der Waals surface area (Å²) >= 11 is 3.59. The molecule has 0 fully saturated rings. The zero-order valence-electron chi connectivity index (χ0n) is 10.6. The highest BCUT2D eigenvalue weighted by molar-refractivity contribution is 9.10. The van der Waals surface area contributed by atoms with E-state index < -0.39 is 0 Å². The second-order valence-corrected chi connectivity index (χ2v) is 5.21. The van der Waals surface area contributed by atoms with Gasteiger partial charge in [0.25, 0.3) is 0 Å². The first kappa shape index (κ1) is 13.3. The second-order valence-electron chi connectivity index (χ2n) is 4.35. The van der Waals surface area contributed by atoms with Crippen LogP contribution in [0.4, 0.5) is 0 Å². The molecule has 0 radical (unpaired) electrons. The van der Waals surface area contributed by atoms with Crippen LogP contribution in [0, 0.1) is 0 Å². The lowest BCUT2D eigenvalue weighted by atomic mass is 10.0. The minimum atomic E-state index is 0.948. The summed E-state index contributed by atoms with van der Waals surface area (Å²) in [6.45, 7) is 4.21. The van der Waals surface area contributed by atoms with Crippen LogP contribution in [0.5, 0.6) is 0 Å². The van der Waals surface area contributed by atoms with Gasteiger partial charge in [-0.1, -0.05) is 65.3 Å². The molecule has 0 saturated heterocycles. The fraction of sp³-hybridized carbons (Fsp3) is 0.250. The minimum absolute atomic E-state index is 0.948. The van der Waals surface area contributed by atoms with Gasteiger partial charge in [0.15, 0.2) is 0 Å². The summed E-state index contributed by atoms with van der Waals surface area (Å²) in [5.74, 6) is 0. The van der Waals surface area contributed by atoms with Gasteiger partial charge in [-0.3, -0.25) is 0 Å². The number of halogens is 1. The van der Waals surface area contributed by atoms with Gasteiger partial charge in [0, 0.05) is 11.0 Å². The third-order valence-corrected chi connectivity index (χ3v) is 3.59. The molecule has 0 aliphatic rings. The van der Waals surface area contributed by atoms with E-state index in [9.17, 15) is 0 Å². The molecule has 2 heteroatoms. The quantitative estimate of drug-likeness (QED) is 0.795. The summed E-state index contributed by atoms with van der Waals surface area (Å²) in [6, 6.07) is 17.1. The normalized spacial score (nSPS) is 10.6. The van der Waals surface area contributed by atoms with Gasteiger partial charge in [-0.15, -0.1) is 0 Å². The van der Waals surface area contributed by atoms with E-state index in [0.29, 0.717) is 0 Å². The van der Waals surface area contributed by atoms with Gasteiger partial charge in [-0.25, -0.2) is 0 Å². The van der Waals surface area contributed by atoms with Crippen LogP contribution >= 0.6 is 15.9 Å². The number of rotatable bonds is 5. The molecular weight excluding hydrogens is 286 g/mol. The smallest absolute Gasteiger partial charge is 0.0253 e. The highest BCUT2D eigenvalue weighted by Crippen LogP contribution is 2.27. The second kappa shape index (κ2) is 6.72. The maximum absolute atomic E-state index is 3.59. The lowest BCUT2D eigenvalue weighted by Crippen LogP contribution is -2.13. The van der Waals surface area contributed by atoms with E-state index in [1.807, 2.05) is 6.07 Å². The Morgan fingerprint density at radius 1 is 1.00 bits per heavy atom. The van der Waals surface area contributed by atoms with Crippen molar-refractivity contribution in [2.45, 2.75) is 19.9 Å². The molecule has 0 aliphatic carbocycles. The predicted octanol–water partition coefficient (Wildman–Crippen LogP) is 4.62. The summed E-state index contributed by atoms with van der Waals surface area (Å²) in [5, 5.41) is 3.41. The van der Waals surface area contributed by atoms with E-state index in [1.165, 1.54) is 23.1 Å². The zero-order valence-corrected chi connectivity index (χ0v) is 12.2. The zero-order chi connectivity index (χ0) is 12.8. The average molecular weight is 304 g/mol. The Bertz CT molecular complexity index is 491. The van der Waals surface area contributed by atoms with Crippen LogP contribution in [0.15, 0.2) is 53.0 Å². The summed E-state index contributed by atoms with van der Waals surface area (Å²) in [5.41, 5.74) is 3.83. The maximum atomic E-state index is 3.59. The fourth-order valence-electron chi connectivity index (χ4n) is 1.91. The van der Waals surface area contributed by atoms with E-state index in [1.54, 1.807) is 0 Å². The molecule has 0 spiro atoms. The van der Waals surface area contributed by atoms with Crippen LogP contribution in [-0.4, -0.2) is 6.54 Å². The molecule has 0 unspecified atom stereocenters. The Labute approximate surface area is 117 Å². The molecule has 1 N–H and O–H groups in total. The van der Waals surface area contributed by atoms with E-state index in [-0.39, 0.29) is 0 Å². The van der Waals surface area contributed by atoms with E-state index in [4.69, 9.17) is 0 Å². The van der Waals surface area contributed by atoms with Crippen molar-refractivity contribution in [3.05, 3.63) is 58.6 Å². The third kappa shape index (κ3) is 3.44. The molecule has 0 heterocycles. The van der Waals surface area contributed by atoms with Crippen LogP contribution in [0.1, 0.15) is 18.9 Å². The monoisotopic (exact) mass is 303 g/mol. The van der Waals surface area contributed by atoms with E-state index >= 15 is 0 Å². The molecule has 94 valence electrons. The van der Waals surface area contributed by atoms with Gasteiger partial charge in [0.1, 0.15) is 0 Å². The van der Waals surface area contributed by atoms with Crippen LogP contribution in [-0.2, 0) is 6.54 Å². The Balaban J connectivity index is 2.10. The topological polar surface area (TPSA) is 12.0 Å². The molecule has 0 aliphatic heterocycles. The highest BCUT2D eigenvalue weighted by Gasteiger charge is 2.01. The molecule has 1 nitrogen and oxygen atoms in total. The summed E-state index contributed by atoms with van der Waals surface area (Å²) < 4.78 is 1.14. The van der Waals surface area contributed by atoms with Crippen molar-refractivity contribution in [1.29, 1.82) is 0 Å². The molecule has 2 aromatic rings.